The first-order valence-electron chi connectivity index (χ1n) is 39.3. The maximum absolute atomic E-state index is 14.1. The lowest BCUT2D eigenvalue weighted by Gasteiger charge is -2.23. The molecule has 12 aromatic rings. The van der Waals surface area contributed by atoms with Crippen LogP contribution in [0.2, 0.25) is 0 Å². The molecule has 12 rings (SSSR count). The number of rotatable bonds is 25. The molecule has 8 aromatic heterocycles. The van der Waals surface area contributed by atoms with Gasteiger partial charge in [-0.3, -0.25) is 42.7 Å². The van der Waals surface area contributed by atoms with Gasteiger partial charge in [0.25, 0.3) is 17.5 Å². The minimum Gasteiger partial charge on any atom is -0.380 e. The molecular formula is C91H82Br2F13N17O10. The molecule has 696 valence electrons. The number of Topliss-reactive ketones (excluding diaryl/α,β-unsaturated/α-hetero) is 5. The Labute approximate surface area is 768 Å². The zero-order valence-corrected chi connectivity index (χ0v) is 75.6. The molecule has 5 atom stereocenters. The number of aliphatic hydroxyl groups is 5. The van der Waals surface area contributed by atoms with Crippen LogP contribution in [0.4, 0.5) is 85.9 Å². The SMILES string of the molecule is [C-]#[N+]c1ccc(CC(=O)[C@@](C)(O)Cn2cc(C)c(Br)n2)cc1C.[C-]#[N+]c1ccc(CC(=O)[C@@](C)(O)Cn2ncc(C)c2Br)cc1C(F)(F)F.[C-]#[N+]c1ncc(CC(=O)[C@@](C)(O)Cn2cc(C)cn2)cc1C(F)(F)F.[C-]#[N+]c1ncc(CC(=O)[C@@](C)(O)Cn2ccc3cc(C)ccc32)cc1C(F)(F)F.[C-]#[N+]c1ncc(CC(=O)[C@@](C)(O)Cn2nc(F)c3cc(C)ccc32)cc1C(F)(F)F. The average molecular weight is 1980 g/mol. The summed E-state index contributed by atoms with van der Waals surface area (Å²) in [5, 5.41) is 69.7. The van der Waals surface area contributed by atoms with Gasteiger partial charge in [-0.15, -0.1) is 20.1 Å². The number of nitrogens with zero attached hydrogens (tertiary/aromatic N) is 17. The third-order valence-electron chi connectivity index (χ3n) is 20.4. The van der Waals surface area contributed by atoms with E-state index in [1.807, 2.05) is 51.1 Å². The van der Waals surface area contributed by atoms with E-state index >= 15 is 0 Å². The molecule has 8 heterocycles. The standard InChI is InChI=1S/C21H18F3N3O2.C20H16F4N4O2.C17H15BrF3N3O2.C17H18BrN3O2.C16H15F3N4O2/c1-13-4-5-17-15(8-13)6-7-27(17)12-20(2,29)18(28)10-14-9-16(21(22,23)24)19(25-3)26-11-14;1-11-4-5-15-13(6-11)17(21)27-28(15)10-19(2,30)16(29)8-12-7-14(20(22,23)24)18(25-3)26-9-12;1-10-8-23-24(15(10)18)9-16(2,26)14(25)7-11-4-5-13(22-3)12(6-11)17(19,20)21;1-11-7-13(5-6-14(11)19-4)8-15(22)17(3,23)10-21-9-12(2)16(18)20-21;1-10-6-22-23(8-10)9-15(2,25)13(24)5-11-4-12(16(17,18)19)14(20-3)21-7-11/h4-9,11,29H,10,12H2,1-2H3;4-7,9,30H,8,10H2,1-2H3;4-6,8,26H,7,9H2,1-2H3;5-7,9,23H,8,10H2,1-3H3;4,6-8,25H,5,9H2,1-2H3/t20-;19-;16-;17-;15-/m00000/s1. The number of aryl methyl sites for hydroxylation is 6. The molecule has 0 aliphatic heterocycles. The molecule has 42 heteroatoms. The van der Waals surface area contributed by atoms with Crippen LogP contribution in [-0.4, -0.2) is 141 Å². The molecule has 0 unspecified atom stereocenters. The van der Waals surface area contributed by atoms with E-state index in [1.165, 1.54) is 50.0 Å². The number of hydrogen-bond acceptors (Lipinski definition) is 17. The molecule has 133 heavy (non-hydrogen) atoms. The van der Waals surface area contributed by atoms with E-state index in [9.17, 15) is 107 Å². The molecule has 0 fully saturated rings. The predicted molar refractivity (Wildman–Crippen MR) is 466 cm³/mol. The summed E-state index contributed by atoms with van der Waals surface area (Å²) in [4.78, 5) is 87.3. The molecular weight excluding hydrogens is 1900 g/mol. The summed E-state index contributed by atoms with van der Waals surface area (Å²) in [6.45, 7) is 51.3. The van der Waals surface area contributed by atoms with Crippen molar-refractivity contribution < 1.29 is 107 Å². The van der Waals surface area contributed by atoms with Crippen LogP contribution in [0.5, 0.6) is 0 Å². The van der Waals surface area contributed by atoms with Crippen LogP contribution < -0.4 is 0 Å². The van der Waals surface area contributed by atoms with Gasteiger partial charge >= 0.3 is 24.7 Å². The summed E-state index contributed by atoms with van der Waals surface area (Å²) in [5.74, 6) is -6.17. The van der Waals surface area contributed by atoms with Crippen molar-refractivity contribution in [1.82, 2.24) is 58.6 Å². The lowest BCUT2D eigenvalue weighted by Crippen LogP contribution is -2.41. The Morgan fingerprint density at radius 1 is 0.383 bits per heavy atom. The van der Waals surface area contributed by atoms with Crippen LogP contribution in [-0.2, 0) is 114 Å². The molecule has 0 saturated heterocycles. The summed E-state index contributed by atoms with van der Waals surface area (Å²) < 4.78 is 179. The Hall–Kier alpha value is -13.4. The van der Waals surface area contributed by atoms with E-state index in [2.05, 4.69) is 91.4 Å². The second kappa shape index (κ2) is 42.0. The number of carbonyl (C=O) groups is 5. The highest BCUT2D eigenvalue weighted by atomic mass is 79.9. The summed E-state index contributed by atoms with van der Waals surface area (Å²) in [7, 11) is 0. The zero-order valence-electron chi connectivity index (χ0n) is 72.5. The van der Waals surface area contributed by atoms with Gasteiger partial charge in [0.1, 0.15) is 55.8 Å². The van der Waals surface area contributed by atoms with E-state index in [-0.39, 0.29) is 66.0 Å². The molecule has 0 saturated carbocycles. The fourth-order valence-electron chi connectivity index (χ4n) is 13.1. The second-order valence-electron chi connectivity index (χ2n) is 32.3. The number of hydrogen-bond donors (Lipinski definition) is 5. The van der Waals surface area contributed by atoms with Gasteiger partial charge in [-0.05, 0) is 166 Å². The quantitative estimate of drug-likeness (QED) is 0.0262. The van der Waals surface area contributed by atoms with Crippen LogP contribution >= 0.6 is 31.9 Å². The number of alkyl halides is 12. The molecule has 0 aliphatic rings. The highest BCUT2D eigenvalue weighted by Gasteiger charge is 2.42. The van der Waals surface area contributed by atoms with Crippen LogP contribution in [0.3, 0.4) is 0 Å². The Kier molecular flexibility index (Phi) is 33.2. The van der Waals surface area contributed by atoms with Gasteiger partial charge in [-0.25, -0.2) is 9.69 Å². The Bertz CT molecular complexity index is 6600. The maximum Gasteiger partial charge on any atom is 0.409 e. The van der Waals surface area contributed by atoms with Crippen molar-refractivity contribution in [3.63, 3.8) is 0 Å². The smallest absolute Gasteiger partial charge is 0.380 e. The number of pyridine rings is 3. The van der Waals surface area contributed by atoms with Crippen molar-refractivity contribution in [3.8, 4) is 0 Å². The number of halogens is 15. The topological polar surface area (TPSA) is 323 Å². The van der Waals surface area contributed by atoms with Gasteiger partial charge in [-0.1, -0.05) is 97.6 Å². The fourth-order valence-corrected chi connectivity index (χ4v) is 13.7. The third kappa shape index (κ3) is 27.6. The van der Waals surface area contributed by atoms with E-state index in [0.717, 1.165) is 91.3 Å². The summed E-state index contributed by atoms with van der Waals surface area (Å²) in [6.07, 6.45) is -9.35. The Morgan fingerprint density at radius 3 is 1.18 bits per heavy atom. The molecule has 4 aromatic carbocycles. The number of fused-ring (bicyclic) bond motifs is 2. The van der Waals surface area contributed by atoms with Crippen molar-refractivity contribution in [2.45, 2.75) is 194 Å². The summed E-state index contributed by atoms with van der Waals surface area (Å²) >= 11 is 6.60. The number of benzene rings is 4. The van der Waals surface area contributed by atoms with Crippen LogP contribution in [0, 0.1) is 80.4 Å². The van der Waals surface area contributed by atoms with E-state index in [4.69, 9.17) is 32.9 Å². The third-order valence-corrected chi connectivity index (χ3v) is 22.2. The normalized spacial score (nSPS) is 13.8. The Morgan fingerprint density at radius 2 is 0.782 bits per heavy atom. The molecule has 0 bridgehead atoms. The van der Waals surface area contributed by atoms with Gasteiger partial charge < -0.3 is 44.6 Å². The molecule has 27 nitrogen and oxygen atoms in total. The van der Waals surface area contributed by atoms with Gasteiger partial charge in [0, 0.05) is 84.0 Å². The first-order valence-corrected chi connectivity index (χ1v) is 40.9. The van der Waals surface area contributed by atoms with E-state index in [1.54, 1.807) is 91.3 Å². The van der Waals surface area contributed by atoms with Crippen molar-refractivity contribution in [2.75, 3.05) is 0 Å². The highest BCUT2D eigenvalue weighted by Crippen LogP contribution is 2.41. The molecule has 0 aliphatic carbocycles. The van der Waals surface area contributed by atoms with Gasteiger partial charge in [0.15, 0.2) is 40.3 Å². The first kappa shape index (κ1) is 105. The molecule has 0 spiro atoms. The minimum absolute atomic E-state index is 0.0111. The van der Waals surface area contributed by atoms with Crippen LogP contribution in [0.25, 0.3) is 46.0 Å². The lowest BCUT2D eigenvalue weighted by atomic mass is 9.94. The molecule has 0 radical (unpaired) electrons. The van der Waals surface area contributed by atoms with Crippen molar-refractivity contribution in [1.29, 1.82) is 0 Å². The number of carbonyl (C=O) groups excluding carboxylic acids is 5. The lowest BCUT2D eigenvalue weighted by molar-refractivity contribution is -0.138. The van der Waals surface area contributed by atoms with Crippen LogP contribution in [0.1, 0.15) is 118 Å². The highest BCUT2D eigenvalue weighted by molar-refractivity contribution is 9.10. The fraction of sp³-hybridized carbons (Fsp3) is 0.330. The van der Waals surface area contributed by atoms with Crippen molar-refractivity contribution >= 4 is 111 Å². The van der Waals surface area contributed by atoms with E-state index < -0.39 is 159 Å². The maximum atomic E-state index is 14.1. The number of ketones is 5. The van der Waals surface area contributed by atoms with Crippen molar-refractivity contribution in [2.24, 2.45) is 0 Å². The van der Waals surface area contributed by atoms with Crippen molar-refractivity contribution in [3.05, 3.63) is 302 Å². The first-order chi connectivity index (χ1) is 61.6. The number of aromatic nitrogens is 12. The average Bonchev–Trinajstić information content (AvgIpc) is 1.77. The predicted octanol–water partition coefficient (Wildman–Crippen LogP) is 18.7. The largest absolute Gasteiger partial charge is 0.409 e. The molecule has 0 amide bonds. The summed E-state index contributed by atoms with van der Waals surface area (Å²) in [5.41, 5.74) is -6.42. The zero-order chi connectivity index (χ0) is 99.4. The molecule has 5 N–H and O–H groups in total. The van der Waals surface area contributed by atoms with E-state index in [0.29, 0.717) is 32.5 Å². The van der Waals surface area contributed by atoms with Gasteiger partial charge in [-0.2, -0.15) is 72.4 Å². The van der Waals surface area contributed by atoms with Gasteiger partial charge in [0.05, 0.1) is 91.4 Å². The monoisotopic (exact) mass is 1980 g/mol. The summed E-state index contributed by atoms with van der Waals surface area (Å²) in [6, 6.07) is 23.0. The minimum atomic E-state index is -4.81. The van der Waals surface area contributed by atoms with Crippen LogP contribution in [0.15, 0.2) is 156 Å². The second-order valence-corrected chi connectivity index (χ2v) is 33.8. The van der Waals surface area contributed by atoms with Gasteiger partial charge in [0.2, 0.25) is 5.95 Å². The Balaban J connectivity index is 0.000000205.